The maximum Gasteiger partial charge on any atom is 0.190 e. The highest BCUT2D eigenvalue weighted by Crippen LogP contribution is 2.33. The zero-order chi connectivity index (χ0) is 13.9. The van der Waals surface area contributed by atoms with E-state index in [1.54, 1.807) is 13.3 Å². The van der Waals surface area contributed by atoms with Crippen LogP contribution < -0.4 is 15.4 Å². The summed E-state index contributed by atoms with van der Waals surface area (Å²) in [7, 11) is 1.66. The second-order valence-corrected chi connectivity index (χ2v) is 5.09. The first-order chi connectivity index (χ1) is 9.78. The fourth-order valence-electron chi connectivity index (χ4n) is 2.54. The van der Waals surface area contributed by atoms with Crippen molar-refractivity contribution >= 4 is 5.69 Å². The lowest BCUT2D eigenvalue weighted by Crippen LogP contribution is -2.39. The van der Waals surface area contributed by atoms with E-state index in [0.29, 0.717) is 6.04 Å². The lowest BCUT2D eigenvalue weighted by atomic mass is 10.0. The van der Waals surface area contributed by atoms with Crippen molar-refractivity contribution < 1.29 is 9.26 Å². The minimum Gasteiger partial charge on any atom is -0.497 e. The van der Waals surface area contributed by atoms with Gasteiger partial charge in [-0.2, -0.15) is 0 Å². The van der Waals surface area contributed by atoms with Gasteiger partial charge in [0.1, 0.15) is 11.4 Å². The summed E-state index contributed by atoms with van der Waals surface area (Å²) >= 11 is 0. The number of hydrogen-bond acceptors (Lipinski definition) is 5. The monoisotopic (exact) mass is 273 g/mol. The zero-order valence-corrected chi connectivity index (χ0v) is 11.6. The van der Waals surface area contributed by atoms with E-state index in [9.17, 15) is 0 Å². The molecule has 0 amide bonds. The van der Waals surface area contributed by atoms with Crippen LogP contribution in [0.5, 0.6) is 5.75 Å². The molecule has 1 aliphatic rings. The fourth-order valence-corrected chi connectivity index (χ4v) is 2.54. The second kappa shape index (κ2) is 5.54. The number of nitrogens with two attached hydrogens (primary N) is 1. The van der Waals surface area contributed by atoms with Crippen molar-refractivity contribution in [3.63, 3.8) is 0 Å². The van der Waals surface area contributed by atoms with Crippen molar-refractivity contribution in [2.75, 3.05) is 25.1 Å². The Labute approximate surface area is 118 Å². The highest BCUT2D eigenvalue weighted by molar-refractivity contribution is 5.73. The van der Waals surface area contributed by atoms with Gasteiger partial charge in [-0.15, -0.1) is 0 Å². The zero-order valence-electron chi connectivity index (χ0n) is 11.6. The molecule has 0 aliphatic carbocycles. The third-order valence-corrected chi connectivity index (χ3v) is 3.78. The molecule has 5 nitrogen and oxygen atoms in total. The van der Waals surface area contributed by atoms with Gasteiger partial charge in [-0.05, 0) is 37.1 Å². The van der Waals surface area contributed by atoms with Crippen molar-refractivity contribution in [1.82, 2.24) is 5.16 Å². The highest BCUT2D eigenvalue weighted by atomic mass is 16.5. The summed E-state index contributed by atoms with van der Waals surface area (Å²) in [5.41, 5.74) is 8.00. The van der Waals surface area contributed by atoms with Gasteiger partial charge in [-0.3, -0.25) is 0 Å². The SMILES string of the molecule is COc1ccc(-c2oncc2N2CCC(N)CC2)cc1. The van der Waals surface area contributed by atoms with Gasteiger partial charge >= 0.3 is 0 Å². The summed E-state index contributed by atoms with van der Waals surface area (Å²) in [6.45, 7) is 1.90. The predicted molar refractivity (Wildman–Crippen MR) is 77.9 cm³/mol. The Kier molecular flexibility index (Phi) is 3.60. The summed E-state index contributed by atoms with van der Waals surface area (Å²) < 4.78 is 10.6. The molecule has 1 fully saturated rings. The van der Waals surface area contributed by atoms with E-state index in [1.807, 2.05) is 24.3 Å². The molecule has 20 heavy (non-hydrogen) atoms. The summed E-state index contributed by atoms with van der Waals surface area (Å²) in [4.78, 5) is 2.29. The molecule has 1 aromatic heterocycles. The second-order valence-electron chi connectivity index (χ2n) is 5.09. The number of anilines is 1. The van der Waals surface area contributed by atoms with Gasteiger partial charge < -0.3 is 19.9 Å². The van der Waals surface area contributed by atoms with Crippen molar-refractivity contribution in [3.8, 4) is 17.1 Å². The average molecular weight is 273 g/mol. The largest absolute Gasteiger partial charge is 0.497 e. The van der Waals surface area contributed by atoms with Crippen molar-refractivity contribution in [2.45, 2.75) is 18.9 Å². The highest BCUT2D eigenvalue weighted by Gasteiger charge is 2.21. The van der Waals surface area contributed by atoms with E-state index in [4.69, 9.17) is 15.0 Å². The molecule has 1 saturated heterocycles. The first kappa shape index (κ1) is 13.0. The van der Waals surface area contributed by atoms with Gasteiger partial charge in [0.25, 0.3) is 0 Å². The molecule has 1 aromatic carbocycles. The summed E-state index contributed by atoms with van der Waals surface area (Å²) in [6, 6.07) is 8.13. The van der Waals surface area contributed by atoms with E-state index >= 15 is 0 Å². The molecule has 0 bridgehead atoms. The van der Waals surface area contributed by atoms with Gasteiger partial charge in [0.15, 0.2) is 5.76 Å². The Balaban J connectivity index is 1.85. The third-order valence-electron chi connectivity index (χ3n) is 3.78. The summed E-state index contributed by atoms with van der Waals surface area (Å²) in [6.07, 6.45) is 3.80. The summed E-state index contributed by atoms with van der Waals surface area (Å²) in [5.74, 6) is 1.64. The molecule has 1 aliphatic heterocycles. The Morgan fingerprint density at radius 2 is 1.95 bits per heavy atom. The third kappa shape index (κ3) is 2.49. The fraction of sp³-hybridized carbons (Fsp3) is 0.400. The lowest BCUT2D eigenvalue weighted by molar-refractivity contribution is 0.414. The van der Waals surface area contributed by atoms with E-state index < -0.39 is 0 Å². The molecular weight excluding hydrogens is 254 g/mol. The van der Waals surface area contributed by atoms with E-state index in [0.717, 1.165) is 48.7 Å². The number of nitrogens with zero attached hydrogens (tertiary/aromatic N) is 2. The number of aromatic nitrogens is 1. The van der Waals surface area contributed by atoms with Crippen LogP contribution in [0.1, 0.15) is 12.8 Å². The molecule has 3 rings (SSSR count). The van der Waals surface area contributed by atoms with Crippen molar-refractivity contribution in [1.29, 1.82) is 0 Å². The van der Waals surface area contributed by atoms with Crippen LogP contribution in [0, 0.1) is 0 Å². The number of ether oxygens (including phenoxy) is 1. The maximum atomic E-state index is 5.95. The predicted octanol–water partition coefficient (Wildman–Crippen LogP) is 2.28. The number of methoxy groups -OCH3 is 1. The van der Waals surface area contributed by atoms with Crippen LogP contribution in [-0.4, -0.2) is 31.4 Å². The summed E-state index contributed by atoms with van der Waals surface area (Å²) in [5, 5.41) is 3.96. The molecule has 2 aromatic rings. The van der Waals surface area contributed by atoms with Crippen molar-refractivity contribution in [2.24, 2.45) is 5.73 Å². The van der Waals surface area contributed by atoms with E-state index in [-0.39, 0.29) is 0 Å². The van der Waals surface area contributed by atoms with Crippen molar-refractivity contribution in [3.05, 3.63) is 30.5 Å². The molecule has 0 radical (unpaired) electrons. The first-order valence-electron chi connectivity index (χ1n) is 6.87. The standard InChI is InChI=1S/C15H19N3O2/c1-19-13-4-2-11(3-5-13)15-14(10-17-20-15)18-8-6-12(16)7-9-18/h2-5,10,12H,6-9,16H2,1H3. The average Bonchev–Trinajstić information content (AvgIpc) is 2.97. The Morgan fingerprint density at radius 1 is 1.25 bits per heavy atom. The van der Waals surface area contributed by atoms with Gasteiger partial charge in [0, 0.05) is 24.7 Å². The van der Waals surface area contributed by atoms with E-state index in [2.05, 4.69) is 10.1 Å². The quantitative estimate of drug-likeness (QED) is 0.929. The van der Waals surface area contributed by atoms with Gasteiger partial charge in [0.2, 0.25) is 0 Å². The van der Waals surface area contributed by atoms with Crippen LogP contribution >= 0.6 is 0 Å². The topological polar surface area (TPSA) is 64.5 Å². The minimum atomic E-state index is 0.315. The number of hydrogen-bond donors (Lipinski definition) is 1. The van der Waals surface area contributed by atoms with Gasteiger partial charge in [0.05, 0.1) is 13.3 Å². The number of benzene rings is 1. The molecule has 0 unspecified atom stereocenters. The normalized spacial score (nSPS) is 16.4. The number of rotatable bonds is 3. The van der Waals surface area contributed by atoms with Gasteiger partial charge in [-0.25, -0.2) is 0 Å². The molecular formula is C15H19N3O2. The molecule has 106 valence electrons. The molecule has 5 heteroatoms. The molecule has 0 atom stereocenters. The van der Waals surface area contributed by atoms with Crippen LogP contribution in [0.3, 0.4) is 0 Å². The van der Waals surface area contributed by atoms with E-state index in [1.165, 1.54) is 0 Å². The number of piperidine rings is 1. The minimum absolute atomic E-state index is 0.315. The Bertz CT molecular complexity index is 557. The smallest absolute Gasteiger partial charge is 0.190 e. The molecule has 2 heterocycles. The maximum absolute atomic E-state index is 5.95. The van der Waals surface area contributed by atoms with Crippen LogP contribution in [0.4, 0.5) is 5.69 Å². The lowest BCUT2D eigenvalue weighted by Gasteiger charge is -2.31. The van der Waals surface area contributed by atoms with Crippen LogP contribution in [0.15, 0.2) is 35.0 Å². The molecule has 0 saturated carbocycles. The van der Waals surface area contributed by atoms with Crippen LogP contribution in [0.25, 0.3) is 11.3 Å². The molecule has 2 N–H and O–H groups in total. The van der Waals surface area contributed by atoms with Crippen LogP contribution in [-0.2, 0) is 0 Å². The van der Waals surface area contributed by atoms with Crippen LogP contribution in [0.2, 0.25) is 0 Å². The Morgan fingerprint density at radius 3 is 2.60 bits per heavy atom. The first-order valence-corrected chi connectivity index (χ1v) is 6.87. The van der Waals surface area contributed by atoms with Gasteiger partial charge in [-0.1, -0.05) is 5.16 Å². The Hall–Kier alpha value is -2.01. The molecule has 0 spiro atoms.